The number of ketones is 1. The van der Waals surface area contributed by atoms with Gasteiger partial charge in [0.05, 0.1) is 20.8 Å². The molecule has 31 heavy (non-hydrogen) atoms. The van der Waals surface area contributed by atoms with Gasteiger partial charge in [0.15, 0.2) is 5.78 Å². The molecule has 0 spiro atoms. The number of hydrogen-bond donors (Lipinski definition) is 0. The van der Waals surface area contributed by atoms with Crippen molar-refractivity contribution in [1.82, 2.24) is 14.4 Å². The molecule has 1 saturated carbocycles. The number of hydrogen-bond acceptors (Lipinski definition) is 5. The van der Waals surface area contributed by atoms with Crippen molar-refractivity contribution >= 4 is 11.7 Å². The van der Waals surface area contributed by atoms with E-state index < -0.39 is 0 Å². The van der Waals surface area contributed by atoms with E-state index in [0.29, 0.717) is 55.8 Å². The van der Waals surface area contributed by atoms with Gasteiger partial charge in [-0.05, 0) is 44.9 Å². The van der Waals surface area contributed by atoms with E-state index in [1.807, 2.05) is 6.07 Å². The van der Waals surface area contributed by atoms with E-state index in [2.05, 4.69) is 23.3 Å². The van der Waals surface area contributed by atoms with E-state index in [9.17, 15) is 9.59 Å². The van der Waals surface area contributed by atoms with Gasteiger partial charge in [-0.3, -0.25) is 14.5 Å². The van der Waals surface area contributed by atoms with E-state index >= 15 is 0 Å². The number of carbonyl (C=O) groups is 2. The minimum absolute atomic E-state index is 0.103. The van der Waals surface area contributed by atoms with Crippen molar-refractivity contribution in [1.29, 1.82) is 0 Å². The van der Waals surface area contributed by atoms with Crippen LogP contribution in [0, 0.1) is 13.8 Å². The average Bonchev–Trinajstić information content (AvgIpc) is 3.57. The second-order valence-corrected chi connectivity index (χ2v) is 8.42. The van der Waals surface area contributed by atoms with Crippen molar-refractivity contribution in [3.63, 3.8) is 0 Å². The van der Waals surface area contributed by atoms with Crippen LogP contribution in [0.3, 0.4) is 0 Å². The molecule has 2 aromatic rings. The Hall–Kier alpha value is -2.80. The summed E-state index contributed by atoms with van der Waals surface area (Å²) in [5.74, 6) is 1.07. The molecule has 166 valence electrons. The van der Waals surface area contributed by atoms with Crippen molar-refractivity contribution in [2.75, 3.05) is 46.9 Å². The zero-order valence-corrected chi connectivity index (χ0v) is 18.8. The van der Waals surface area contributed by atoms with Gasteiger partial charge in [-0.15, -0.1) is 0 Å². The first-order valence-electron chi connectivity index (χ1n) is 10.9. The topological polar surface area (TPSA) is 64.0 Å². The molecular weight excluding hydrogens is 394 g/mol. The predicted molar refractivity (Wildman–Crippen MR) is 118 cm³/mol. The molecule has 4 rings (SSSR count). The standard InChI is InChI=1S/C24H31N3O4/c1-16-14-19(17(2)27(16)18-8-9-18)20(28)15-25-10-12-26(13-11-25)24(29)23-21(30-3)6-5-7-22(23)31-4/h5-7,14,18H,8-13,15H2,1-4H3. The molecule has 0 unspecified atom stereocenters. The fraction of sp³-hybridized carbons (Fsp3) is 0.500. The largest absolute Gasteiger partial charge is 0.496 e. The second kappa shape index (κ2) is 8.75. The molecule has 2 fully saturated rings. The second-order valence-electron chi connectivity index (χ2n) is 8.42. The molecule has 1 aliphatic carbocycles. The van der Waals surface area contributed by atoms with Crippen molar-refractivity contribution in [3.8, 4) is 11.5 Å². The van der Waals surface area contributed by atoms with Gasteiger partial charge >= 0.3 is 0 Å². The van der Waals surface area contributed by atoms with E-state index in [-0.39, 0.29) is 11.7 Å². The summed E-state index contributed by atoms with van der Waals surface area (Å²) in [6.07, 6.45) is 2.41. The molecule has 2 heterocycles. The molecule has 0 bridgehead atoms. The molecule has 1 aliphatic heterocycles. The van der Waals surface area contributed by atoms with Crippen LogP contribution < -0.4 is 9.47 Å². The van der Waals surface area contributed by atoms with Gasteiger partial charge in [0.25, 0.3) is 5.91 Å². The number of piperazine rings is 1. The molecule has 1 aromatic heterocycles. The highest BCUT2D eigenvalue weighted by molar-refractivity contribution is 6.00. The molecule has 7 heteroatoms. The maximum absolute atomic E-state index is 13.1. The Morgan fingerprint density at radius 2 is 1.61 bits per heavy atom. The normalized spacial score (nSPS) is 17.0. The third-order valence-corrected chi connectivity index (χ3v) is 6.37. The highest BCUT2D eigenvalue weighted by atomic mass is 16.5. The number of carbonyl (C=O) groups excluding carboxylic acids is 2. The lowest BCUT2D eigenvalue weighted by Crippen LogP contribution is -2.50. The molecule has 0 radical (unpaired) electrons. The van der Waals surface area contributed by atoms with Gasteiger partial charge in [0, 0.05) is 49.2 Å². The average molecular weight is 426 g/mol. The Kier molecular flexibility index (Phi) is 6.05. The molecule has 0 N–H and O–H groups in total. The lowest BCUT2D eigenvalue weighted by molar-refractivity contribution is 0.0618. The van der Waals surface area contributed by atoms with E-state index in [1.165, 1.54) is 18.5 Å². The summed E-state index contributed by atoms with van der Waals surface area (Å²) in [4.78, 5) is 30.1. The third-order valence-electron chi connectivity index (χ3n) is 6.37. The molecule has 0 atom stereocenters. The summed E-state index contributed by atoms with van der Waals surface area (Å²) in [6.45, 7) is 6.97. The van der Waals surface area contributed by atoms with E-state index in [4.69, 9.17) is 9.47 Å². The van der Waals surface area contributed by atoms with Crippen molar-refractivity contribution in [2.24, 2.45) is 0 Å². The monoisotopic (exact) mass is 425 g/mol. The van der Waals surface area contributed by atoms with Gasteiger partial charge < -0.3 is 18.9 Å². The number of rotatable bonds is 7. The summed E-state index contributed by atoms with van der Waals surface area (Å²) in [7, 11) is 3.10. The Bertz CT molecular complexity index is 963. The Morgan fingerprint density at radius 3 is 2.16 bits per heavy atom. The lowest BCUT2D eigenvalue weighted by atomic mass is 10.1. The Morgan fingerprint density at radius 1 is 1.00 bits per heavy atom. The first kappa shape index (κ1) is 21.4. The molecule has 2 aliphatic rings. The van der Waals surface area contributed by atoms with Crippen LogP contribution >= 0.6 is 0 Å². The van der Waals surface area contributed by atoms with Gasteiger partial charge in [-0.2, -0.15) is 0 Å². The fourth-order valence-corrected chi connectivity index (χ4v) is 4.57. The van der Waals surface area contributed by atoms with Gasteiger partial charge in [0.2, 0.25) is 0 Å². The predicted octanol–water partition coefficient (Wildman–Crippen LogP) is 3.10. The maximum Gasteiger partial charge on any atom is 0.261 e. The minimum Gasteiger partial charge on any atom is -0.496 e. The molecule has 1 aromatic carbocycles. The molecule has 1 saturated heterocycles. The summed E-state index contributed by atoms with van der Waals surface area (Å²) in [6, 6.07) is 7.94. The van der Waals surface area contributed by atoms with Crippen LogP contribution in [0.5, 0.6) is 11.5 Å². The number of methoxy groups -OCH3 is 2. The SMILES string of the molecule is COc1cccc(OC)c1C(=O)N1CCN(CC(=O)c2cc(C)n(C3CC3)c2C)CC1. The highest BCUT2D eigenvalue weighted by Gasteiger charge is 2.30. The number of amides is 1. The van der Waals surface area contributed by atoms with Crippen molar-refractivity contribution in [3.05, 3.63) is 46.8 Å². The number of ether oxygens (including phenoxy) is 2. The Balaban J connectivity index is 1.39. The number of nitrogens with zero attached hydrogens (tertiary/aromatic N) is 3. The number of aryl methyl sites for hydroxylation is 1. The number of aromatic nitrogens is 1. The van der Waals surface area contributed by atoms with Crippen LogP contribution in [0.1, 0.15) is 51.0 Å². The highest BCUT2D eigenvalue weighted by Crippen LogP contribution is 2.38. The van der Waals surface area contributed by atoms with Crippen LogP contribution in [0.2, 0.25) is 0 Å². The molecule has 7 nitrogen and oxygen atoms in total. The van der Waals surface area contributed by atoms with Crippen LogP contribution in [-0.4, -0.2) is 73.0 Å². The zero-order chi connectivity index (χ0) is 22.1. The summed E-state index contributed by atoms with van der Waals surface area (Å²) in [5, 5.41) is 0. The zero-order valence-electron chi connectivity index (χ0n) is 18.8. The number of Topliss-reactive ketones (excluding diaryl/α,β-unsaturated/α-hetero) is 1. The van der Waals surface area contributed by atoms with Crippen LogP contribution in [0.25, 0.3) is 0 Å². The minimum atomic E-state index is -0.103. The van der Waals surface area contributed by atoms with Crippen LogP contribution in [0.15, 0.2) is 24.3 Å². The van der Waals surface area contributed by atoms with Crippen LogP contribution in [0.4, 0.5) is 0 Å². The van der Waals surface area contributed by atoms with Gasteiger partial charge in [-0.25, -0.2) is 0 Å². The fourth-order valence-electron chi connectivity index (χ4n) is 4.57. The quantitative estimate of drug-likeness (QED) is 0.638. The molecular formula is C24H31N3O4. The third kappa shape index (κ3) is 4.19. The maximum atomic E-state index is 13.1. The van der Waals surface area contributed by atoms with Gasteiger partial charge in [-0.1, -0.05) is 6.07 Å². The first-order chi connectivity index (χ1) is 14.9. The van der Waals surface area contributed by atoms with Crippen molar-refractivity contribution < 1.29 is 19.1 Å². The van der Waals surface area contributed by atoms with Crippen LogP contribution in [-0.2, 0) is 0 Å². The smallest absolute Gasteiger partial charge is 0.261 e. The number of benzene rings is 1. The summed E-state index contributed by atoms with van der Waals surface area (Å²) >= 11 is 0. The molecule has 1 amide bonds. The van der Waals surface area contributed by atoms with Gasteiger partial charge in [0.1, 0.15) is 17.1 Å². The first-order valence-corrected chi connectivity index (χ1v) is 10.9. The Labute approximate surface area is 183 Å². The van der Waals surface area contributed by atoms with E-state index in [0.717, 1.165) is 11.3 Å². The van der Waals surface area contributed by atoms with E-state index in [1.54, 1.807) is 37.3 Å². The summed E-state index contributed by atoms with van der Waals surface area (Å²) < 4.78 is 13.1. The summed E-state index contributed by atoms with van der Waals surface area (Å²) in [5.41, 5.74) is 3.54. The lowest BCUT2D eigenvalue weighted by Gasteiger charge is -2.34. The van der Waals surface area contributed by atoms with Crippen molar-refractivity contribution in [2.45, 2.75) is 32.7 Å².